The van der Waals surface area contributed by atoms with Crippen molar-refractivity contribution in [1.82, 2.24) is 9.97 Å². The van der Waals surface area contributed by atoms with E-state index in [1.807, 2.05) is 74.5 Å². The fraction of sp³-hybridized carbons (Fsp3) is 0.227. The van der Waals surface area contributed by atoms with Gasteiger partial charge in [-0.3, -0.25) is 0 Å². The standard InChI is InChI=1S/2C14H14N2O6.2C8H11N/c2*17-12(18)11(16-22)6-14(21,13(19)20)5-8-7-15-10-4-2-1-3-9(8)10;2*1-7(9)8-5-3-2-4-6-8/h2*1-4,7,15,21-22H,5-6H2,(H,17,18)(H,19,20);2*2-7H,9H2,1H3/b2*16-11-;;/t2*14-;2*7-/m1010/s1. The number of fused-ring (bicyclic) bond motifs is 2. The van der Waals surface area contributed by atoms with Crippen molar-refractivity contribution in [2.24, 2.45) is 21.8 Å². The molecule has 0 aliphatic rings. The molecule has 2 aromatic heterocycles. The quantitative estimate of drug-likeness (QED) is 0.0387. The van der Waals surface area contributed by atoms with Crippen LogP contribution in [0.1, 0.15) is 61.0 Å². The highest BCUT2D eigenvalue weighted by atomic mass is 16.4. The predicted octanol–water partition coefficient (Wildman–Crippen LogP) is 5.07. The first kappa shape index (κ1) is 49.0. The molecule has 0 fully saturated rings. The molecule has 6 aromatic rings. The number of carboxylic acid groups (broad SMARTS) is 4. The van der Waals surface area contributed by atoms with Gasteiger partial charge in [-0.25, -0.2) is 19.2 Å². The zero-order chi connectivity index (χ0) is 46.0. The van der Waals surface area contributed by atoms with Crippen LogP contribution >= 0.6 is 0 Å². The van der Waals surface area contributed by atoms with Crippen LogP contribution in [0.25, 0.3) is 21.8 Å². The van der Waals surface area contributed by atoms with E-state index in [-0.39, 0.29) is 24.9 Å². The van der Waals surface area contributed by atoms with Crippen molar-refractivity contribution in [2.75, 3.05) is 0 Å². The Morgan fingerprint density at radius 3 is 1.11 bits per heavy atom. The summed E-state index contributed by atoms with van der Waals surface area (Å²) in [6, 6.07) is 34.6. The summed E-state index contributed by atoms with van der Waals surface area (Å²) >= 11 is 0. The van der Waals surface area contributed by atoms with E-state index in [1.165, 1.54) is 11.1 Å². The highest BCUT2D eigenvalue weighted by Gasteiger charge is 2.41. The van der Waals surface area contributed by atoms with Gasteiger partial charge in [0, 0.05) is 72.0 Å². The predicted molar refractivity (Wildman–Crippen MR) is 230 cm³/mol. The molecule has 62 heavy (non-hydrogen) atoms. The highest BCUT2D eigenvalue weighted by molar-refractivity contribution is 6.36. The van der Waals surface area contributed by atoms with Gasteiger partial charge in [0.2, 0.25) is 0 Å². The lowest BCUT2D eigenvalue weighted by Gasteiger charge is -2.22. The molecular formula is C44H50N6O12. The van der Waals surface area contributed by atoms with Gasteiger partial charge in [-0.15, -0.1) is 0 Å². The molecule has 14 N–H and O–H groups in total. The lowest BCUT2D eigenvalue weighted by atomic mass is 9.89. The molecule has 0 saturated heterocycles. The number of aromatic amines is 2. The number of nitrogens with two attached hydrogens (primary N) is 2. The number of hydrogen-bond donors (Lipinski definition) is 12. The highest BCUT2D eigenvalue weighted by Crippen LogP contribution is 2.27. The van der Waals surface area contributed by atoms with E-state index >= 15 is 0 Å². The molecule has 0 radical (unpaired) electrons. The molecule has 0 amide bonds. The zero-order valence-corrected chi connectivity index (χ0v) is 33.8. The maximum atomic E-state index is 11.4. The smallest absolute Gasteiger partial charge is 0.353 e. The summed E-state index contributed by atoms with van der Waals surface area (Å²) in [7, 11) is 0. The number of aliphatic carboxylic acids is 4. The number of aromatic nitrogens is 2. The Labute approximate surface area is 355 Å². The Morgan fingerprint density at radius 2 is 0.855 bits per heavy atom. The zero-order valence-electron chi connectivity index (χ0n) is 33.8. The Balaban J connectivity index is 0.000000238. The van der Waals surface area contributed by atoms with Crippen molar-refractivity contribution in [3.05, 3.63) is 144 Å². The van der Waals surface area contributed by atoms with Crippen LogP contribution in [0.2, 0.25) is 0 Å². The molecule has 4 aromatic carbocycles. The lowest BCUT2D eigenvalue weighted by Crippen LogP contribution is -2.44. The van der Waals surface area contributed by atoms with Crippen LogP contribution in [0, 0.1) is 0 Å². The number of rotatable bonds is 14. The van der Waals surface area contributed by atoms with E-state index in [1.54, 1.807) is 60.9 Å². The first-order valence-electron chi connectivity index (χ1n) is 18.9. The minimum atomic E-state index is -2.40. The van der Waals surface area contributed by atoms with Crippen LogP contribution < -0.4 is 11.5 Å². The van der Waals surface area contributed by atoms with Gasteiger partial charge in [-0.1, -0.05) is 107 Å². The third kappa shape index (κ3) is 13.8. The summed E-state index contributed by atoms with van der Waals surface area (Å²) < 4.78 is 0. The summed E-state index contributed by atoms with van der Waals surface area (Å²) in [4.78, 5) is 50.3. The molecule has 0 unspecified atom stereocenters. The molecule has 2 heterocycles. The van der Waals surface area contributed by atoms with Crippen LogP contribution in [-0.2, 0) is 32.0 Å². The van der Waals surface area contributed by atoms with E-state index in [4.69, 9.17) is 32.1 Å². The SMILES string of the molecule is C[C@@H](N)c1ccccc1.C[C@H](N)c1ccccc1.O=C(O)/C(C[C@@](O)(Cc1c[nH]c2ccccc12)C(=O)O)=N\O.O=C(O)/C(C[C@](O)(Cc1c[nH]c2ccccc12)C(=O)O)=N\O. The van der Waals surface area contributed by atoms with Gasteiger partial charge in [0.25, 0.3) is 0 Å². The number of aliphatic hydroxyl groups is 2. The summed E-state index contributed by atoms with van der Waals surface area (Å²) in [6.07, 6.45) is 0.781. The van der Waals surface area contributed by atoms with E-state index in [2.05, 4.69) is 20.3 Å². The van der Waals surface area contributed by atoms with E-state index in [9.17, 15) is 39.6 Å². The molecule has 328 valence electrons. The van der Waals surface area contributed by atoms with Gasteiger partial charge in [0.15, 0.2) is 22.6 Å². The first-order valence-corrected chi connectivity index (χ1v) is 18.9. The van der Waals surface area contributed by atoms with Gasteiger partial charge in [-0.2, -0.15) is 0 Å². The fourth-order valence-corrected chi connectivity index (χ4v) is 5.99. The second kappa shape index (κ2) is 22.8. The van der Waals surface area contributed by atoms with E-state index < -0.39 is 59.3 Å². The van der Waals surface area contributed by atoms with E-state index in [0.29, 0.717) is 11.1 Å². The lowest BCUT2D eigenvalue weighted by molar-refractivity contribution is -0.158. The van der Waals surface area contributed by atoms with Crippen LogP contribution in [-0.4, -0.2) is 97.5 Å². The molecular weight excluding hydrogens is 805 g/mol. The monoisotopic (exact) mass is 854 g/mol. The largest absolute Gasteiger partial charge is 0.479 e. The Bertz CT molecular complexity index is 2290. The molecule has 18 heteroatoms. The number of benzene rings is 4. The average molecular weight is 855 g/mol. The number of nitrogens with zero attached hydrogens (tertiary/aromatic N) is 2. The number of hydrogen-bond acceptors (Lipinski definition) is 12. The molecule has 4 atom stereocenters. The molecule has 6 rings (SSSR count). The van der Waals surface area contributed by atoms with Crippen molar-refractivity contribution in [3.63, 3.8) is 0 Å². The second-order valence-electron chi connectivity index (χ2n) is 14.2. The molecule has 0 aliphatic heterocycles. The van der Waals surface area contributed by atoms with Crippen molar-refractivity contribution in [3.8, 4) is 0 Å². The van der Waals surface area contributed by atoms with Crippen LogP contribution in [0.15, 0.2) is 132 Å². The number of para-hydroxylation sites is 2. The summed E-state index contributed by atoms with van der Waals surface area (Å²) in [5.74, 6) is -6.39. The van der Waals surface area contributed by atoms with Gasteiger partial charge in [-0.05, 0) is 48.2 Å². The third-order valence-corrected chi connectivity index (χ3v) is 9.42. The number of carboxylic acids is 4. The fourth-order valence-electron chi connectivity index (χ4n) is 5.99. The summed E-state index contributed by atoms with van der Waals surface area (Å²) in [6.45, 7) is 3.96. The first-order chi connectivity index (χ1) is 29.3. The van der Waals surface area contributed by atoms with E-state index in [0.717, 1.165) is 21.8 Å². The van der Waals surface area contributed by atoms with Crippen molar-refractivity contribution in [2.45, 2.75) is 62.8 Å². The molecule has 0 spiro atoms. The van der Waals surface area contributed by atoms with Crippen LogP contribution in [0.3, 0.4) is 0 Å². The van der Waals surface area contributed by atoms with Crippen molar-refractivity contribution in [1.29, 1.82) is 0 Å². The molecule has 0 saturated carbocycles. The molecule has 0 bridgehead atoms. The maximum absolute atomic E-state index is 11.4. The summed E-state index contributed by atoms with van der Waals surface area (Å²) in [5, 5.41) is 80.5. The molecule has 0 aliphatic carbocycles. The Hall–Kier alpha value is -7.38. The van der Waals surface area contributed by atoms with Gasteiger partial charge >= 0.3 is 23.9 Å². The van der Waals surface area contributed by atoms with Gasteiger partial charge < -0.3 is 62.5 Å². The second-order valence-corrected chi connectivity index (χ2v) is 14.2. The Morgan fingerprint density at radius 1 is 0.548 bits per heavy atom. The minimum Gasteiger partial charge on any atom is -0.479 e. The van der Waals surface area contributed by atoms with Gasteiger partial charge in [0.05, 0.1) is 0 Å². The number of nitrogens with one attached hydrogen (secondary N) is 2. The number of oxime groups is 2. The third-order valence-electron chi connectivity index (χ3n) is 9.42. The number of H-pyrrole nitrogens is 2. The summed E-state index contributed by atoms with van der Waals surface area (Å²) in [5.41, 5.74) is 9.72. The van der Waals surface area contributed by atoms with Crippen LogP contribution in [0.5, 0.6) is 0 Å². The van der Waals surface area contributed by atoms with Crippen molar-refractivity contribution >= 4 is 57.1 Å². The Kier molecular flexibility index (Phi) is 18.0. The van der Waals surface area contributed by atoms with Gasteiger partial charge in [0.1, 0.15) is 0 Å². The normalized spacial score (nSPS) is 14.2. The average Bonchev–Trinajstić information content (AvgIpc) is 3.86. The maximum Gasteiger partial charge on any atom is 0.353 e. The van der Waals surface area contributed by atoms with Crippen LogP contribution in [0.4, 0.5) is 0 Å². The number of carbonyl (C=O) groups is 4. The van der Waals surface area contributed by atoms with Crippen molar-refractivity contribution < 1.29 is 60.2 Å². The minimum absolute atomic E-state index is 0.159. The topological polar surface area (TPSA) is 338 Å². The molecule has 18 nitrogen and oxygen atoms in total.